The summed E-state index contributed by atoms with van der Waals surface area (Å²) in [6.45, 7) is 5.39. The lowest BCUT2D eigenvalue weighted by molar-refractivity contribution is 0.0743. The third-order valence-corrected chi connectivity index (χ3v) is 3.53. The van der Waals surface area contributed by atoms with Crippen LogP contribution in [-0.2, 0) is 0 Å². The topological polar surface area (TPSA) is 20.3 Å². The van der Waals surface area contributed by atoms with E-state index in [-0.39, 0.29) is 5.56 Å². The maximum Gasteiger partial charge on any atom is 0.256 e. The molecule has 0 saturated carbocycles. The van der Waals surface area contributed by atoms with Crippen molar-refractivity contribution in [2.45, 2.75) is 52.4 Å². The number of halogens is 2. The number of benzene rings is 1. The Morgan fingerprint density at radius 2 is 1.57 bits per heavy atom. The van der Waals surface area contributed by atoms with Gasteiger partial charge in [-0.3, -0.25) is 4.79 Å². The van der Waals surface area contributed by atoms with Crippen LogP contribution >= 0.6 is 0 Å². The standard InChI is InChI=1S/C17H25F2NO/c1-3-5-7-12-20(13-8-6-4-2)17(21)14-10-9-11-15(18)16(14)19/h9-11H,3-8,12-13H2,1-2H3. The van der Waals surface area contributed by atoms with Crippen molar-refractivity contribution in [3.05, 3.63) is 35.4 Å². The lowest BCUT2D eigenvalue weighted by Crippen LogP contribution is -2.33. The molecule has 0 atom stereocenters. The molecule has 0 aromatic heterocycles. The molecule has 1 rings (SSSR count). The minimum absolute atomic E-state index is 0.164. The number of nitrogens with zero attached hydrogens (tertiary/aromatic N) is 1. The Morgan fingerprint density at radius 1 is 1.00 bits per heavy atom. The van der Waals surface area contributed by atoms with Crippen LogP contribution in [0.4, 0.5) is 8.78 Å². The zero-order chi connectivity index (χ0) is 15.7. The summed E-state index contributed by atoms with van der Waals surface area (Å²) in [5.41, 5.74) is -0.164. The summed E-state index contributed by atoms with van der Waals surface area (Å²) in [5.74, 6) is -2.42. The largest absolute Gasteiger partial charge is 0.339 e. The Balaban J connectivity index is 2.79. The van der Waals surface area contributed by atoms with Crippen LogP contribution < -0.4 is 0 Å². The van der Waals surface area contributed by atoms with Gasteiger partial charge in [-0.2, -0.15) is 0 Å². The van der Waals surface area contributed by atoms with Gasteiger partial charge in [0, 0.05) is 13.1 Å². The Morgan fingerprint density at radius 3 is 2.10 bits per heavy atom. The third kappa shape index (κ3) is 5.44. The molecule has 21 heavy (non-hydrogen) atoms. The first-order valence-corrected chi connectivity index (χ1v) is 7.85. The first-order valence-electron chi connectivity index (χ1n) is 7.85. The van der Waals surface area contributed by atoms with E-state index in [2.05, 4.69) is 13.8 Å². The van der Waals surface area contributed by atoms with Crippen molar-refractivity contribution in [2.24, 2.45) is 0 Å². The molecule has 0 spiro atoms. The second kappa shape index (κ2) is 9.48. The molecule has 0 aliphatic heterocycles. The highest BCUT2D eigenvalue weighted by atomic mass is 19.2. The summed E-state index contributed by atoms with van der Waals surface area (Å²) in [6.07, 6.45) is 5.97. The molecule has 4 heteroatoms. The highest BCUT2D eigenvalue weighted by Crippen LogP contribution is 2.15. The Hall–Kier alpha value is -1.45. The predicted octanol–water partition coefficient (Wildman–Crippen LogP) is 4.79. The summed E-state index contributed by atoms with van der Waals surface area (Å²) in [6, 6.07) is 3.76. The SMILES string of the molecule is CCCCCN(CCCCC)C(=O)c1cccc(F)c1F. The van der Waals surface area contributed by atoms with Crippen LogP contribution in [0.15, 0.2) is 18.2 Å². The van der Waals surface area contributed by atoms with Crippen molar-refractivity contribution >= 4 is 5.91 Å². The molecule has 0 heterocycles. The van der Waals surface area contributed by atoms with Crippen LogP contribution in [0.25, 0.3) is 0 Å². The highest BCUT2D eigenvalue weighted by Gasteiger charge is 2.20. The molecule has 1 aromatic rings. The number of amides is 1. The lowest BCUT2D eigenvalue weighted by Gasteiger charge is -2.23. The molecular formula is C17H25F2NO. The number of hydrogen-bond acceptors (Lipinski definition) is 1. The molecule has 0 aliphatic rings. The number of unbranched alkanes of at least 4 members (excludes halogenated alkanes) is 4. The van der Waals surface area contributed by atoms with Gasteiger partial charge in [0.25, 0.3) is 5.91 Å². The van der Waals surface area contributed by atoms with Gasteiger partial charge in [0.1, 0.15) is 0 Å². The molecule has 0 bridgehead atoms. The van der Waals surface area contributed by atoms with E-state index in [4.69, 9.17) is 0 Å². The first-order chi connectivity index (χ1) is 10.1. The molecule has 1 aromatic carbocycles. The van der Waals surface area contributed by atoms with Crippen LogP contribution in [0.5, 0.6) is 0 Å². The Kier molecular flexibility index (Phi) is 7.95. The number of carbonyl (C=O) groups excluding carboxylic acids is 1. The fraction of sp³-hybridized carbons (Fsp3) is 0.588. The van der Waals surface area contributed by atoms with Gasteiger partial charge in [0.05, 0.1) is 5.56 Å². The van der Waals surface area contributed by atoms with Crippen molar-refractivity contribution in [1.29, 1.82) is 0 Å². The van der Waals surface area contributed by atoms with Crippen molar-refractivity contribution in [3.8, 4) is 0 Å². The Labute approximate surface area is 126 Å². The number of hydrogen-bond donors (Lipinski definition) is 0. The van der Waals surface area contributed by atoms with Gasteiger partial charge >= 0.3 is 0 Å². The number of carbonyl (C=O) groups is 1. The quantitative estimate of drug-likeness (QED) is 0.600. The minimum atomic E-state index is -1.04. The molecular weight excluding hydrogens is 272 g/mol. The summed E-state index contributed by atoms with van der Waals surface area (Å²) < 4.78 is 27.0. The summed E-state index contributed by atoms with van der Waals surface area (Å²) in [4.78, 5) is 14.1. The highest BCUT2D eigenvalue weighted by molar-refractivity contribution is 5.94. The average Bonchev–Trinajstić information content (AvgIpc) is 2.48. The molecule has 0 saturated heterocycles. The van der Waals surface area contributed by atoms with E-state index in [1.165, 1.54) is 12.1 Å². The van der Waals surface area contributed by atoms with E-state index >= 15 is 0 Å². The molecule has 1 amide bonds. The van der Waals surface area contributed by atoms with Gasteiger partial charge < -0.3 is 4.90 Å². The minimum Gasteiger partial charge on any atom is -0.339 e. The smallest absolute Gasteiger partial charge is 0.256 e. The zero-order valence-corrected chi connectivity index (χ0v) is 13.0. The van der Waals surface area contributed by atoms with E-state index < -0.39 is 17.5 Å². The molecule has 0 N–H and O–H groups in total. The first kappa shape index (κ1) is 17.6. The maximum atomic E-state index is 13.8. The van der Waals surface area contributed by atoms with Gasteiger partial charge in [-0.05, 0) is 25.0 Å². The maximum absolute atomic E-state index is 13.8. The monoisotopic (exact) mass is 297 g/mol. The van der Waals surface area contributed by atoms with Crippen molar-refractivity contribution in [3.63, 3.8) is 0 Å². The molecule has 118 valence electrons. The van der Waals surface area contributed by atoms with Crippen molar-refractivity contribution in [2.75, 3.05) is 13.1 Å². The van der Waals surface area contributed by atoms with E-state index in [9.17, 15) is 13.6 Å². The van der Waals surface area contributed by atoms with Gasteiger partial charge in [0.2, 0.25) is 0 Å². The lowest BCUT2D eigenvalue weighted by atomic mass is 10.1. The molecule has 0 fully saturated rings. The zero-order valence-electron chi connectivity index (χ0n) is 13.0. The van der Waals surface area contributed by atoms with Gasteiger partial charge in [-0.1, -0.05) is 45.6 Å². The van der Waals surface area contributed by atoms with Gasteiger partial charge in [0.15, 0.2) is 11.6 Å². The molecule has 0 aliphatic carbocycles. The second-order valence-electron chi connectivity index (χ2n) is 5.31. The van der Waals surface area contributed by atoms with Crippen molar-refractivity contribution < 1.29 is 13.6 Å². The fourth-order valence-electron chi connectivity index (χ4n) is 2.26. The number of rotatable bonds is 9. The summed E-state index contributed by atoms with van der Waals surface area (Å²) in [7, 11) is 0. The summed E-state index contributed by atoms with van der Waals surface area (Å²) in [5, 5.41) is 0. The van der Waals surface area contributed by atoms with Crippen LogP contribution in [0.1, 0.15) is 62.7 Å². The normalized spacial score (nSPS) is 10.7. The van der Waals surface area contributed by atoms with E-state index in [1.807, 2.05) is 0 Å². The molecule has 2 nitrogen and oxygen atoms in total. The van der Waals surface area contributed by atoms with E-state index in [0.717, 1.165) is 44.6 Å². The second-order valence-corrected chi connectivity index (χ2v) is 5.31. The van der Waals surface area contributed by atoms with Crippen LogP contribution in [0.2, 0.25) is 0 Å². The third-order valence-electron chi connectivity index (χ3n) is 3.53. The fourth-order valence-corrected chi connectivity index (χ4v) is 2.26. The average molecular weight is 297 g/mol. The van der Waals surface area contributed by atoms with Crippen LogP contribution in [-0.4, -0.2) is 23.9 Å². The van der Waals surface area contributed by atoms with Gasteiger partial charge in [-0.15, -0.1) is 0 Å². The predicted molar refractivity (Wildman–Crippen MR) is 81.3 cm³/mol. The summed E-state index contributed by atoms with van der Waals surface area (Å²) >= 11 is 0. The van der Waals surface area contributed by atoms with Crippen LogP contribution in [0.3, 0.4) is 0 Å². The van der Waals surface area contributed by atoms with Crippen LogP contribution in [0, 0.1) is 11.6 Å². The molecule has 0 radical (unpaired) electrons. The van der Waals surface area contributed by atoms with Gasteiger partial charge in [-0.25, -0.2) is 8.78 Å². The van der Waals surface area contributed by atoms with Crippen molar-refractivity contribution in [1.82, 2.24) is 4.90 Å². The van der Waals surface area contributed by atoms with E-state index in [0.29, 0.717) is 13.1 Å². The molecule has 0 unspecified atom stereocenters. The Bertz CT molecular complexity index is 438. The van der Waals surface area contributed by atoms with E-state index in [1.54, 1.807) is 4.90 Å².